The molecule has 0 aliphatic carbocycles. The van der Waals surface area contributed by atoms with Gasteiger partial charge in [-0.2, -0.15) is 0 Å². The van der Waals surface area contributed by atoms with Crippen molar-refractivity contribution >= 4 is 17.1 Å². The van der Waals surface area contributed by atoms with Crippen LogP contribution in [0.2, 0.25) is 0 Å². The molecule has 1 unspecified atom stereocenters. The predicted octanol–water partition coefficient (Wildman–Crippen LogP) is 2.28. The van der Waals surface area contributed by atoms with Crippen LogP contribution in [-0.4, -0.2) is 32.3 Å². The maximum Gasteiger partial charge on any atom is 0.275 e. The average Bonchev–Trinajstić information content (AvgIpc) is 3.18. The summed E-state index contributed by atoms with van der Waals surface area (Å²) in [7, 11) is 0. The average molecular weight is 318 g/mol. The van der Waals surface area contributed by atoms with Gasteiger partial charge >= 0.3 is 0 Å². The first-order valence-electron chi connectivity index (χ1n) is 8.03. The molecule has 4 heterocycles. The zero-order valence-corrected chi connectivity index (χ0v) is 12.8. The van der Waals surface area contributed by atoms with E-state index < -0.39 is 0 Å². The highest BCUT2D eigenvalue weighted by Gasteiger charge is 2.41. The van der Waals surface area contributed by atoms with Gasteiger partial charge < -0.3 is 9.88 Å². The number of aromatic amines is 1. The molecular formula is C18H14N4O2. The lowest BCUT2D eigenvalue weighted by molar-refractivity contribution is 0.0776. The number of amides is 1. The smallest absolute Gasteiger partial charge is 0.275 e. The number of H-pyrrole nitrogens is 1. The highest BCUT2D eigenvalue weighted by Crippen LogP contribution is 2.44. The van der Waals surface area contributed by atoms with Crippen LogP contribution in [0.4, 0.5) is 0 Å². The summed E-state index contributed by atoms with van der Waals surface area (Å²) in [5, 5.41) is 0. The van der Waals surface area contributed by atoms with E-state index in [1.54, 1.807) is 18.3 Å². The molecule has 1 amide bonds. The Bertz CT molecular complexity index is 1060. The summed E-state index contributed by atoms with van der Waals surface area (Å²) >= 11 is 0. The molecule has 0 spiro atoms. The summed E-state index contributed by atoms with van der Waals surface area (Å²) in [6, 6.07) is 9.13. The molecule has 0 bridgehead atoms. The Labute approximate surface area is 137 Å². The van der Waals surface area contributed by atoms with Crippen molar-refractivity contribution in [3.63, 3.8) is 0 Å². The van der Waals surface area contributed by atoms with Crippen LogP contribution in [-0.2, 0) is 0 Å². The predicted molar refractivity (Wildman–Crippen MR) is 88.6 cm³/mol. The van der Waals surface area contributed by atoms with Crippen LogP contribution in [0.3, 0.4) is 0 Å². The standard InChI is InChI=1S/C18H14N4O2/c23-17-15(21-16-12(20-17)6-2-8-19-16)10-4-1-5-11-14(10)13-7-3-9-22(13)18(11)24/h1-2,4-6,8,13H,3,7,9H2,(H,20,23). The van der Waals surface area contributed by atoms with E-state index in [2.05, 4.69) is 15.0 Å². The number of hydrogen-bond acceptors (Lipinski definition) is 4. The number of hydrogen-bond donors (Lipinski definition) is 1. The van der Waals surface area contributed by atoms with Crippen LogP contribution < -0.4 is 5.56 Å². The molecule has 3 aromatic rings. The molecule has 6 nitrogen and oxygen atoms in total. The lowest BCUT2D eigenvalue weighted by Crippen LogP contribution is -2.22. The third-order valence-corrected chi connectivity index (χ3v) is 4.91. The number of pyridine rings is 1. The van der Waals surface area contributed by atoms with Crippen LogP contribution in [0.1, 0.15) is 34.8 Å². The van der Waals surface area contributed by atoms with E-state index in [0.29, 0.717) is 22.4 Å². The van der Waals surface area contributed by atoms with Gasteiger partial charge in [-0.15, -0.1) is 0 Å². The molecule has 1 aromatic carbocycles. The Hall–Kier alpha value is -3.02. The van der Waals surface area contributed by atoms with Crippen LogP contribution in [0.5, 0.6) is 0 Å². The number of nitrogens with one attached hydrogen (secondary N) is 1. The maximum atomic E-state index is 12.6. The van der Waals surface area contributed by atoms with Crippen molar-refractivity contribution < 1.29 is 4.79 Å². The Morgan fingerprint density at radius 2 is 2.00 bits per heavy atom. The van der Waals surface area contributed by atoms with E-state index in [-0.39, 0.29) is 17.5 Å². The molecule has 0 radical (unpaired) electrons. The molecular weight excluding hydrogens is 304 g/mol. The lowest BCUT2D eigenvalue weighted by atomic mass is 9.94. The summed E-state index contributed by atoms with van der Waals surface area (Å²) in [6.45, 7) is 0.778. The second-order valence-corrected chi connectivity index (χ2v) is 6.21. The van der Waals surface area contributed by atoms with Crippen molar-refractivity contribution in [2.45, 2.75) is 18.9 Å². The summed E-state index contributed by atoms with van der Waals surface area (Å²) < 4.78 is 0. The van der Waals surface area contributed by atoms with E-state index in [9.17, 15) is 9.59 Å². The van der Waals surface area contributed by atoms with Crippen molar-refractivity contribution in [1.29, 1.82) is 0 Å². The van der Waals surface area contributed by atoms with E-state index in [1.165, 1.54) is 0 Å². The fourth-order valence-electron chi connectivity index (χ4n) is 3.89. The minimum Gasteiger partial charge on any atom is -0.332 e. The zero-order chi connectivity index (χ0) is 16.3. The Morgan fingerprint density at radius 3 is 2.92 bits per heavy atom. The van der Waals surface area contributed by atoms with Crippen molar-refractivity contribution in [2.24, 2.45) is 0 Å². The van der Waals surface area contributed by atoms with Gasteiger partial charge in [-0.3, -0.25) is 9.59 Å². The summed E-state index contributed by atoms with van der Waals surface area (Å²) in [6.07, 6.45) is 3.57. The number of carbonyl (C=O) groups is 1. The quantitative estimate of drug-likeness (QED) is 0.746. The van der Waals surface area contributed by atoms with Gasteiger partial charge in [0.2, 0.25) is 0 Å². The van der Waals surface area contributed by atoms with Gasteiger partial charge in [-0.25, -0.2) is 9.97 Å². The van der Waals surface area contributed by atoms with Crippen molar-refractivity contribution in [3.8, 4) is 11.3 Å². The van der Waals surface area contributed by atoms with E-state index in [1.807, 2.05) is 23.1 Å². The van der Waals surface area contributed by atoms with Crippen molar-refractivity contribution in [1.82, 2.24) is 19.9 Å². The van der Waals surface area contributed by atoms with Crippen molar-refractivity contribution in [2.75, 3.05) is 6.54 Å². The van der Waals surface area contributed by atoms with Gasteiger partial charge in [0.15, 0.2) is 5.65 Å². The summed E-state index contributed by atoms with van der Waals surface area (Å²) in [4.78, 5) is 38.6. The van der Waals surface area contributed by atoms with Gasteiger partial charge in [0.25, 0.3) is 11.5 Å². The monoisotopic (exact) mass is 318 g/mol. The third kappa shape index (κ3) is 1.71. The number of benzene rings is 1. The molecule has 2 aromatic heterocycles. The minimum atomic E-state index is -0.257. The molecule has 0 saturated carbocycles. The maximum absolute atomic E-state index is 12.6. The molecule has 1 atom stereocenters. The Balaban J connectivity index is 1.79. The number of rotatable bonds is 1. The molecule has 118 valence electrons. The first-order chi connectivity index (χ1) is 11.7. The molecule has 24 heavy (non-hydrogen) atoms. The zero-order valence-electron chi connectivity index (χ0n) is 12.8. The molecule has 1 fully saturated rings. The summed E-state index contributed by atoms with van der Waals surface area (Å²) in [5.41, 5.74) is 3.55. The number of fused-ring (bicyclic) bond motifs is 4. The highest BCUT2D eigenvalue weighted by molar-refractivity contribution is 6.01. The largest absolute Gasteiger partial charge is 0.332 e. The van der Waals surface area contributed by atoms with Crippen LogP contribution in [0, 0.1) is 0 Å². The molecule has 1 N–H and O–H groups in total. The van der Waals surface area contributed by atoms with E-state index in [4.69, 9.17) is 0 Å². The van der Waals surface area contributed by atoms with Crippen LogP contribution in [0.15, 0.2) is 41.3 Å². The topological polar surface area (TPSA) is 79.0 Å². The summed E-state index contributed by atoms with van der Waals surface area (Å²) in [5.74, 6) is 0.0599. The molecule has 5 rings (SSSR count). The van der Waals surface area contributed by atoms with Gasteiger partial charge in [0, 0.05) is 23.9 Å². The molecule has 6 heteroatoms. The van der Waals surface area contributed by atoms with Crippen LogP contribution in [0.25, 0.3) is 22.4 Å². The molecule has 2 aliphatic heterocycles. The fourth-order valence-corrected chi connectivity index (χ4v) is 3.89. The number of nitrogens with zero attached hydrogens (tertiary/aromatic N) is 3. The third-order valence-electron chi connectivity index (χ3n) is 4.91. The second kappa shape index (κ2) is 4.74. The molecule has 1 saturated heterocycles. The van der Waals surface area contributed by atoms with E-state index in [0.717, 1.165) is 30.5 Å². The lowest BCUT2D eigenvalue weighted by Gasteiger charge is -2.16. The SMILES string of the molecule is O=C1c2cccc(-c3nc4ncccc4[nH]c3=O)c2C2CCCN12. The normalized spacial score (nSPS) is 18.9. The van der Waals surface area contributed by atoms with Crippen molar-refractivity contribution in [3.05, 3.63) is 58.0 Å². The second-order valence-electron chi connectivity index (χ2n) is 6.21. The Morgan fingerprint density at radius 1 is 1.12 bits per heavy atom. The van der Waals surface area contributed by atoms with Gasteiger partial charge in [-0.1, -0.05) is 12.1 Å². The first-order valence-corrected chi connectivity index (χ1v) is 8.03. The fraction of sp³-hybridized carbons (Fsp3) is 0.222. The van der Waals surface area contributed by atoms with Crippen LogP contribution >= 0.6 is 0 Å². The highest BCUT2D eigenvalue weighted by atomic mass is 16.2. The Kier molecular flexibility index (Phi) is 2.65. The minimum absolute atomic E-state index is 0.0596. The van der Waals surface area contributed by atoms with Gasteiger partial charge in [-0.05, 0) is 36.6 Å². The van der Waals surface area contributed by atoms with Gasteiger partial charge in [0.1, 0.15) is 5.69 Å². The number of aromatic nitrogens is 3. The molecule has 2 aliphatic rings. The van der Waals surface area contributed by atoms with E-state index >= 15 is 0 Å². The number of carbonyl (C=O) groups excluding carboxylic acids is 1. The first kappa shape index (κ1) is 13.4. The van der Waals surface area contributed by atoms with Gasteiger partial charge in [0.05, 0.1) is 11.6 Å².